The van der Waals surface area contributed by atoms with Crippen LogP contribution in [0.3, 0.4) is 0 Å². The van der Waals surface area contributed by atoms with E-state index in [0.29, 0.717) is 11.8 Å². The number of amides is 1. The molecule has 3 aromatic rings. The monoisotopic (exact) mass is 347 g/mol. The van der Waals surface area contributed by atoms with Gasteiger partial charge in [-0.3, -0.25) is 4.79 Å². The Kier molecular flexibility index (Phi) is 5.12. The first-order valence-corrected chi connectivity index (χ1v) is 8.30. The molecule has 2 N–H and O–H groups in total. The Morgan fingerprint density at radius 2 is 1.62 bits per heavy atom. The van der Waals surface area contributed by atoms with Crippen LogP contribution in [0.25, 0.3) is 0 Å². The Hall–Kier alpha value is -3.41. The Morgan fingerprint density at radius 3 is 2.27 bits per heavy atom. The van der Waals surface area contributed by atoms with Crippen LogP contribution in [0.2, 0.25) is 0 Å². The highest BCUT2D eigenvalue weighted by atomic mass is 16.1. The lowest BCUT2D eigenvalue weighted by molar-refractivity contribution is -0.114. The number of aromatic nitrogens is 2. The highest BCUT2D eigenvalue weighted by molar-refractivity contribution is 5.88. The Labute approximate surface area is 152 Å². The molecule has 0 fully saturated rings. The van der Waals surface area contributed by atoms with Crippen molar-refractivity contribution >= 4 is 34.7 Å². The number of carbonyl (C=O) groups is 1. The summed E-state index contributed by atoms with van der Waals surface area (Å²) in [4.78, 5) is 22.2. The van der Waals surface area contributed by atoms with E-state index in [1.807, 2.05) is 79.5 Å². The third-order valence-electron chi connectivity index (χ3n) is 3.76. The van der Waals surface area contributed by atoms with Gasteiger partial charge in [-0.15, -0.1) is 0 Å². The number of anilines is 5. The van der Waals surface area contributed by atoms with Gasteiger partial charge >= 0.3 is 0 Å². The molecule has 2 aromatic carbocycles. The van der Waals surface area contributed by atoms with E-state index in [4.69, 9.17) is 0 Å². The number of aryl methyl sites for hydroxylation is 1. The molecule has 0 aliphatic heterocycles. The molecule has 26 heavy (non-hydrogen) atoms. The van der Waals surface area contributed by atoms with Gasteiger partial charge < -0.3 is 15.5 Å². The molecule has 0 atom stereocenters. The van der Waals surface area contributed by atoms with Gasteiger partial charge in [0.05, 0.1) is 0 Å². The van der Waals surface area contributed by atoms with Crippen molar-refractivity contribution in [2.75, 3.05) is 22.6 Å². The van der Waals surface area contributed by atoms with E-state index in [1.54, 1.807) is 0 Å². The van der Waals surface area contributed by atoms with E-state index in [1.165, 1.54) is 6.92 Å². The second-order valence-electron chi connectivity index (χ2n) is 5.97. The predicted octanol–water partition coefficient (Wildman–Crippen LogP) is 4.25. The predicted molar refractivity (Wildman–Crippen MR) is 105 cm³/mol. The van der Waals surface area contributed by atoms with E-state index in [0.717, 1.165) is 22.8 Å². The minimum Gasteiger partial charge on any atom is -0.340 e. The van der Waals surface area contributed by atoms with Gasteiger partial charge in [0.2, 0.25) is 11.9 Å². The summed E-state index contributed by atoms with van der Waals surface area (Å²) in [5.41, 5.74) is 3.52. The molecule has 0 bridgehead atoms. The average Bonchev–Trinajstić information content (AvgIpc) is 2.62. The molecule has 0 aliphatic carbocycles. The molecule has 0 spiro atoms. The SMILES string of the molecule is CC(=O)Nc1ccc(Nc2cc(C)nc(N(C)c3ccccc3)n2)cc1. The van der Waals surface area contributed by atoms with Gasteiger partial charge in [0.15, 0.2) is 0 Å². The van der Waals surface area contributed by atoms with Crippen LogP contribution in [-0.2, 0) is 4.79 Å². The molecule has 0 aliphatic rings. The normalized spacial score (nSPS) is 10.3. The fraction of sp³-hybridized carbons (Fsp3) is 0.150. The number of rotatable bonds is 5. The second kappa shape index (κ2) is 7.65. The molecule has 3 rings (SSSR count). The van der Waals surface area contributed by atoms with Crippen molar-refractivity contribution in [3.63, 3.8) is 0 Å². The topological polar surface area (TPSA) is 70.2 Å². The second-order valence-corrected chi connectivity index (χ2v) is 5.97. The molecule has 1 aromatic heterocycles. The van der Waals surface area contributed by atoms with Crippen LogP contribution in [-0.4, -0.2) is 22.9 Å². The number of para-hydroxylation sites is 1. The fourth-order valence-corrected chi connectivity index (χ4v) is 2.52. The lowest BCUT2D eigenvalue weighted by Gasteiger charge is -2.18. The highest BCUT2D eigenvalue weighted by Gasteiger charge is 2.09. The number of hydrogen-bond donors (Lipinski definition) is 2. The summed E-state index contributed by atoms with van der Waals surface area (Å²) in [6, 6.07) is 19.3. The molecule has 132 valence electrons. The van der Waals surface area contributed by atoms with E-state index >= 15 is 0 Å². The fourth-order valence-electron chi connectivity index (χ4n) is 2.52. The molecule has 0 radical (unpaired) electrons. The van der Waals surface area contributed by atoms with E-state index in [9.17, 15) is 4.79 Å². The van der Waals surface area contributed by atoms with Gasteiger partial charge in [0, 0.05) is 42.8 Å². The van der Waals surface area contributed by atoms with Gasteiger partial charge in [0.25, 0.3) is 0 Å². The number of benzene rings is 2. The Bertz CT molecular complexity index is 894. The molecule has 0 unspecified atom stereocenters. The lowest BCUT2D eigenvalue weighted by atomic mass is 10.2. The summed E-state index contributed by atoms with van der Waals surface area (Å²) in [6.07, 6.45) is 0. The van der Waals surface area contributed by atoms with Crippen LogP contribution in [0.1, 0.15) is 12.6 Å². The summed E-state index contributed by atoms with van der Waals surface area (Å²) in [6.45, 7) is 3.43. The van der Waals surface area contributed by atoms with Crippen molar-refractivity contribution in [1.29, 1.82) is 0 Å². The Balaban J connectivity index is 1.80. The first kappa shape index (κ1) is 17.4. The molecule has 0 saturated carbocycles. The number of hydrogen-bond acceptors (Lipinski definition) is 5. The average molecular weight is 347 g/mol. The largest absolute Gasteiger partial charge is 0.340 e. The highest BCUT2D eigenvalue weighted by Crippen LogP contribution is 2.23. The minimum absolute atomic E-state index is 0.0919. The van der Waals surface area contributed by atoms with Gasteiger partial charge in [-0.05, 0) is 43.3 Å². The quantitative estimate of drug-likeness (QED) is 0.722. The van der Waals surface area contributed by atoms with Crippen LogP contribution in [0.15, 0.2) is 60.7 Å². The van der Waals surface area contributed by atoms with Crippen LogP contribution < -0.4 is 15.5 Å². The van der Waals surface area contributed by atoms with Crippen LogP contribution in [0.5, 0.6) is 0 Å². The third kappa shape index (κ3) is 4.36. The van der Waals surface area contributed by atoms with Gasteiger partial charge in [-0.1, -0.05) is 18.2 Å². The molecule has 6 nitrogen and oxygen atoms in total. The van der Waals surface area contributed by atoms with Gasteiger partial charge in [-0.2, -0.15) is 4.98 Å². The summed E-state index contributed by atoms with van der Waals surface area (Å²) < 4.78 is 0. The minimum atomic E-state index is -0.0919. The summed E-state index contributed by atoms with van der Waals surface area (Å²) in [7, 11) is 1.94. The summed E-state index contributed by atoms with van der Waals surface area (Å²) in [5, 5.41) is 6.03. The maximum absolute atomic E-state index is 11.1. The molecular formula is C20H21N5O. The number of nitrogens with one attached hydrogen (secondary N) is 2. The molecule has 0 saturated heterocycles. The maximum Gasteiger partial charge on any atom is 0.231 e. The third-order valence-corrected chi connectivity index (χ3v) is 3.76. The van der Waals surface area contributed by atoms with Crippen molar-refractivity contribution in [3.05, 3.63) is 66.4 Å². The van der Waals surface area contributed by atoms with Crippen LogP contribution in [0, 0.1) is 6.92 Å². The van der Waals surface area contributed by atoms with Gasteiger partial charge in [0.1, 0.15) is 5.82 Å². The zero-order valence-corrected chi connectivity index (χ0v) is 15.0. The van der Waals surface area contributed by atoms with Crippen molar-refractivity contribution in [1.82, 2.24) is 9.97 Å². The van der Waals surface area contributed by atoms with Crippen molar-refractivity contribution in [2.24, 2.45) is 0 Å². The van der Waals surface area contributed by atoms with E-state index in [2.05, 4.69) is 20.6 Å². The van der Waals surface area contributed by atoms with Crippen LogP contribution >= 0.6 is 0 Å². The van der Waals surface area contributed by atoms with Crippen molar-refractivity contribution in [3.8, 4) is 0 Å². The first-order chi connectivity index (χ1) is 12.5. The molecule has 1 amide bonds. The number of carbonyl (C=O) groups excluding carboxylic acids is 1. The molecule has 6 heteroatoms. The van der Waals surface area contributed by atoms with Crippen molar-refractivity contribution in [2.45, 2.75) is 13.8 Å². The maximum atomic E-state index is 11.1. The van der Waals surface area contributed by atoms with Crippen molar-refractivity contribution < 1.29 is 4.79 Å². The zero-order valence-electron chi connectivity index (χ0n) is 15.0. The van der Waals surface area contributed by atoms with Crippen LogP contribution in [0.4, 0.5) is 28.8 Å². The van der Waals surface area contributed by atoms with E-state index < -0.39 is 0 Å². The smallest absolute Gasteiger partial charge is 0.231 e. The summed E-state index contributed by atoms with van der Waals surface area (Å²) in [5.74, 6) is 1.24. The van der Waals surface area contributed by atoms with Gasteiger partial charge in [-0.25, -0.2) is 4.98 Å². The molecular weight excluding hydrogens is 326 g/mol. The molecule has 1 heterocycles. The standard InChI is InChI=1S/C20H21N5O/c1-14-13-19(23-17-11-9-16(10-12-17)22-15(2)26)24-20(21-14)25(3)18-7-5-4-6-8-18/h4-13H,1-3H3,(H,22,26)(H,21,23,24). The van der Waals surface area contributed by atoms with E-state index in [-0.39, 0.29) is 5.91 Å². The number of nitrogens with zero attached hydrogens (tertiary/aromatic N) is 3. The first-order valence-electron chi connectivity index (χ1n) is 8.30. The zero-order chi connectivity index (χ0) is 18.5. The summed E-state index contributed by atoms with van der Waals surface area (Å²) >= 11 is 0. The Morgan fingerprint density at radius 1 is 0.962 bits per heavy atom. The lowest BCUT2D eigenvalue weighted by Crippen LogP contribution is -2.14.